The molecule has 0 amide bonds. The van der Waals surface area contributed by atoms with Crippen molar-refractivity contribution in [2.24, 2.45) is 7.05 Å². The van der Waals surface area contributed by atoms with Gasteiger partial charge in [0.05, 0.1) is 10.2 Å². The maximum absolute atomic E-state index is 12.1. The lowest BCUT2D eigenvalue weighted by Crippen LogP contribution is -2.06. The number of ketones is 1. The molecule has 0 saturated carbocycles. The molecule has 7 heteroatoms. The van der Waals surface area contributed by atoms with Gasteiger partial charge in [-0.05, 0) is 48.0 Å². The number of nitrogens with zero attached hydrogens (tertiary/aromatic N) is 1. The Kier molecular flexibility index (Phi) is 4.76. The van der Waals surface area contributed by atoms with Gasteiger partial charge < -0.3 is 9.30 Å². The molecule has 0 atom stereocenters. The summed E-state index contributed by atoms with van der Waals surface area (Å²) in [5, 5.41) is 0. The Labute approximate surface area is 145 Å². The minimum atomic E-state index is -2.90. The smallest absolute Gasteiger partial charge is 0.387 e. The summed E-state index contributed by atoms with van der Waals surface area (Å²) in [5.41, 5.74) is 2.00. The van der Waals surface area contributed by atoms with Crippen LogP contribution in [-0.4, -0.2) is 17.0 Å². The summed E-state index contributed by atoms with van der Waals surface area (Å²) in [5.74, 6) is -0.259. The molecule has 0 unspecified atom stereocenters. The van der Waals surface area contributed by atoms with Gasteiger partial charge in [-0.3, -0.25) is 9.59 Å². The summed E-state index contributed by atoms with van der Waals surface area (Å²) in [7, 11) is 1.71. The van der Waals surface area contributed by atoms with Crippen molar-refractivity contribution in [3.8, 4) is 5.75 Å². The van der Waals surface area contributed by atoms with Crippen LogP contribution in [0.15, 0.2) is 53.3 Å². The Balaban J connectivity index is 1.77. The standard InChI is InChI=1S/C18H13F2NO3S/c1-21-14-8-2-11(10-16(14)25-18(21)23)3-9-15(22)12-4-6-13(7-5-12)24-17(19)20/h2-10,17H,1H3. The molecule has 0 N–H and O–H groups in total. The van der Waals surface area contributed by atoms with Gasteiger partial charge in [-0.1, -0.05) is 23.5 Å². The third kappa shape index (κ3) is 3.83. The minimum Gasteiger partial charge on any atom is -0.435 e. The van der Waals surface area contributed by atoms with E-state index < -0.39 is 6.61 Å². The van der Waals surface area contributed by atoms with E-state index in [4.69, 9.17) is 0 Å². The van der Waals surface area contributed by atoms with Crippen molar-refractivity contribution in [3.63, 3.8) is 0 Å². The highest BCUT2D eigenvalue weighted by Gasteiger charge is 2.07. The van der Waals surface area contributed by atoms with Crippen molar-refractivity contribution in [1.29, 1.82) is 0 Å². The van der Waals surface area contributed by atoms with Crippen LogP contribution in [0.2, 0.25) is 0 Å². The molecule has 128 valence electrons. The number of carbonyl (C=O) groups excluding carboxylic acids is 1. The van der Waals surface area contributed by atoms with Gasteiger partial charge in [0.1, 0.15) is 5.75 Å². The Morgan fingerprint density at radius 3 is 2.60 bits per heavy atom. The van der Waals surface area contributed by atoms with E-state index in [1.54, 1.807) is 17.7 Å². The number of fused-ring (bicyclic) bond motifs is 1. The first-order valence-electron chi connectivity index (χ1n) is 7.31. The molecule has 3 aromatic rings. The first-order valence-corrected chi connectivity index (χ1v) is 8.12. The molecular weight excluding hydrogens is 348 g/mol. The molecular formula is C18H13F2NO3S. The van der Waals surface area contributed by atoms with Crippen LogP contribution in [0, 0.1) is 0 Å². The van der Waals surface area contributed by atoms with Crippen LogP contribution in [-0.2, 0) is 7.05 Å². The van der Waals surface area contributed by atoms with E-state index in [2.05, 4.69) is 4.74 Å². The summed E-state index contributed by atoms with van der Waals surface area (Å²) in [6, 6.07) is 11.0. The number of hydrogen-bond donors (Lipinski definition) is 0. The number of ether oxygens (including phenoxy) is 1. The summed E-state index contributed by atoms with van der Waals surface area (Å²) >= 11 is 1.14. The van der Waals surface area contributed by atoms with Crippen LogP contribution in [0.5, 0.6) is 5.75 Å². The molecule has 0 bridgehead atoms. The van der Waals surface area contributed by atoms with Crippen molar-refractivity contribution in [2.75, 3.05) is 0 Å². The number of aryl methyl sites for hydroxylation is 1. The van der Waals surface area contributed by atoms with Gasteiger partial charge in [-0.2, -0.15) is 8.78 Å². The molecule has 0 spiro atoms. The van der Waals surface area contributed by atoms with Crippen molar-refractivity contribution in [1.82, 2.24) is 4.57 Å². The molecule has 0 aliphatic heterocycles. The van der Waals surface area contributed by atoms with E-state index in [0.717, 1.165) is 27.1 Å². The zero-order valence-electron chi connectivity index (χ0n) is 13.1. The number of halogens is 2. The van der Waals surface area contributed by atoms with Gasteiger partial charge >= 0.3 is 11.5 Å². The number of benzene rings is 2. The minimum absolute atomic E-state index is 0.0000337. The normalized spacial score (nSPS) is 11.5. The number of alkyl halides is 2. The first-order chi connectivity index (χ1) is 11.9. The number of carbonyl (C=O) groups is 1. The fraction of sp³-hybridized carbons (Fsp3) is 0.111. The predicted molar refractivity (Wildman–Crippen MR) is 93.5 cm³/mol. The Morgan fingerprint density at radius 2 is 1.92 bits per heavy atom. The lowest BCUT2D eigenvalue weighted by Gasteiger charge is -2.04. The number of thiazole rings is 1. The zero-order chi connectivity index (χ0) is 18.0. The van der Waals surface area contributed by atoms with Gasteiger partial charge in [-0.25, -0.2) is 0 Å². The summed E-state index contributed by atoms with van der Waals surface area (Å²) in [6.45, 7) is -2.90. The SMILES string of the molecule is Cn1c(=O)sc2cc(C=CC(=O)c3ccc(OC(F)F)cc3)ccc21. The van der Waals surface area contributed by atoms with E-state index >= 15 is 0 Å². The Morgan fingerprint density at radius 1 is 1.20 bits per heavy atom. The van der Waals surface area contributed by atoms with Crippen molar-refractivity contribution < 1.29 is 18.3 Å². The van der Waals surface area contributed by atoms with Gasteiger partial charge in [0, 0.05) is 12.6 Å². The Bertz CT molecular complexity index is 1000. The van der Waals surface area contributed by atoms with Crippen LogP contribution >= 0.6 is 11.3 Å². The molecule has 25 heavy (non-hydrogen) atoms. The van der Waals surface area contributed by atoms with Crippen molar-refractivity contribution in [3.05, 3.63) is 69.3 Å². The maximum Gasteiger partial charge on any atom is 0.387 e. The molecule has 0 aliphatic carbocycles. The average Bonchev–Trinajstić information content (AvgIpc) is 2.87. The topological polar surface area (TPSA) is 48.3 Å². The van der Waals surface area contributed by atoms with Crippen LogP contribution < -0.4 is 9.61 Å². The Hall–Kier alpha value is -2.80. The van der Waals surface area contributed by atoms with E-state index in [1.807, 2.05) is 18.2 Å². The molecule has 1 heterocycles. The molecule has 0 saturated heterocycles. The number of allylic oxidation sites excluding steroid dienone is 1. The molecule has 1 aromatic heterocycles. The molecule has 4 nitrogen and oxygen atoms in total. The second-order valence-electron chi connectivity index (χ2n) is 5.25. The highest BCUT2D eigenvalue weighted by molar-refractivity contribution is 7.16. The maximum atomic E-state index is 12.1. The fourth-order valence-electron chi connectivity index (χ4n) is 2.32. The highest BCUT2D eigenvalue weighted by atomic mass is 32.1. The largest absolute Gasteiger partial charge is 0.435 e. The van der Waals surface area contributed by atoms with Crippen LogP contribution in [0.25, 0.3) is 16.3 Å². The van der Waals surface area contributed by atoms with Crippen LogP contribution in [0.1, 0.15) is 15.9 Å². The summed E-state index contributed by atoms with van der Waals surface area (Å²) < 4.78 is 30.9. The molecule has 0 fully saturated rings. The second-order valence-corrected chi connectivity index (χ2v) is 6.25. The highest BCUT2D eigenvalue weighted by Crippen LogP contribution is 2.20. The van der Waals surface area contributed by atoms with E-state index in [0.29, 0.717) is 5.56 Å². The van der Waals surface area contributed by atoms with Crippen LogP contribution in [0.3, 0.4) is 0 Å². The predicted octanol–water partition coefficient (Wildman–Crippen LogP) is 4.10. The second kappa shape index (κ2) is 6.98. The van der Waals surface area contributed by atoms with Crippen molar-refractivity contribution >= 4 is 33.4 Å². The van der Waals surface area contributed by atoms with Gasteiger partial charge in [-0.15, -0.1) is 0 Å². The number of aromatic nitrogens is 1. The van der Waals surface area contributed by atoms with Gasteiger partial charge in [0.2, 0.25) is 0 Å². The van der Waals surface area contributed by atoms with Gasteiger partial charge in [0.25, 0.3) is 0 Å². The molecule has 0 radical (unpaired) electrons. The van der Waals surface area contributed by atoms with Crippen LogP contribution in [0.4, 0.5) is 8.78 Å². The van der Waals surface area contributed by atoms with E-state index in [-0.39, 0.29) is 16.4 Å². The third-order valence-electron chi connectivity index (χ3n) is 3.61. The summed E-state index contributed by atoms with van der Waals surface area (Å²) in [6.07, 6.45) is 3.05. The lowest BCUT2D eigenvalue weighted by molar-refractivity contribution is -0.0498. The third-order valence-corrected chi connectivity index (χ3v) is 4.60. The number of rotatable bonds is 5. The molecule has 2 aromatic carbocycles. The first kappa shape index (κ1) is 17.0. The summed E-state index contributed by atoms with van der Waals surface area (Å²) in [4.78, 5) is 23.8. The van der Waals surface area contributed by atoms with Crippen molar-refractivity contribution in [2.45, 2.75) is 6.61 Å². The zero-order valence-corrected chi connectivity index (χ0v) is 13.9. The number of hydrogen-bond acceptors (Lipinski definition) is 4. The quantitative estimate of drug-likeness (QED) is 0.508. The molecule has 3 rings (SSSR count). The average molecular weight is 361 g/mol. The molecule has 0 aliphatic rings. The van der Waals surface area contributed by atoms with E-state index in [9.17, 15) is 18.4 Å². The van der Waals surface area contributed by atoms with E-state index in [1.165, 1.54) is 30.3 Å². The lowest BCUT2D eigenvalue weighted by atomic mass is 10.1. The monoisotopic (exact) mass is 361 g/mol. The van der Waals surface area contributed by atoms with Gasteiger partial charge in [0.15, 0.2) is 5.78 Å². The fourth-order valence-corrected chi connectivity index (χ4v) is 3.25.